The van der Waals surface area contributed by atoms with Crippen molar-refractivity contribution in [1.29, 1.82) is 0 Å². The molecular weight excluding hydrogens is 1010 g/mol. The number of nitrogen functional groups attached to an aromatic ring is 1. The molecule has 77 heavy (non-hydrogen) atoms. The Bertz CT molecular complexity index is 3110. The smallest absolute Gasteiger partial charge is 0.275 e. The van der Waals surface area contributed by atoms with E-state index in [1.807, 2.05) is 44.4 Å². The normalized spacial score (nSPS) is 25.7. The van der Waals surface area contributed by atoms with Crippen molar-refractivity contribution in [3.63, 3.8) is 0 Å². The number of anilines is 3. The molecule has 4 aliphatic heterocycles. The molecule has 3 aromatic heterocycles. The zero-order chi connectivity index (χ0) is 53.1. The van der Waals surface area contributed by atoms with Gasteiger partial charge >= 0.3 is 0 Å². The van der Waals surface area contributed by atoms with Gasteiger partial charge in [0, 0.05) is 67.7 Å². The van der Waals surface area contributed by atoms with Crippen LogP contribution in [0.15, 0.2) is 95.8 Å². The summed E-state index contributed by atoms with van der Waals surface area (Å²) in [5.74, 6) is -0.241. The maximum absolute atomic E-state index is 14.3. The third-order valence-electron chi connectivity index (χ3n) is 17.2. The summed E-state index contributed by atoms with van der Waals surface area (Å²) in [4.78, 5) is 51.9. The van der Waals surface area contributed by atoms with Gasteiger partial charge < -0.3 is 49.6 Å². The zero-order valence-electron chi connectivity index (χ0n) is 43.0. The highest BCUT2D eigenvalue weighted by Crippen LogP contribution is 2.59. The van der Waals surface area contributed by atoms with Crippen LogP contribution in [0.5, 0.6) is 17.4 Å². The van der Waals surface area contributed by atoms with Crippen LogP contribution in [0.3, 0.4) is 0 Å². The van der Waals surface area contributed by atoms with Crippen molar-refractivity contribution in [2.75, 3.05) is 48.3 Å². The molecule has 6 aliphatic rings. The average molecular weight is 1070 g/mol. The number of ether oxygens (including phenoxy) is 1. The maximum atomic E-state index is 14.3. The van der Waals surface area contributed by atoms with E-state index in [1.165, 1.54) is 16.5 Å². The fourth-order valence-corrected chi connectivity index (χ4v) is 13.4. The molecule has 6 aromatic rings. The number of nitrogens with two attached hydrogens (primary N) is 1. The predicted octanol–water partition coefficient (Wildman–Crippen LogP) is 7.91. The first kappa shape index (κ1) is 50.7. The SMILES string of the molecule is CC(C)[C@@H](C(=O)N1C[C@H](O)C[C@H]1C(=O)NOc1ccc(-c2ccccc2F)cc1)c1onc(OC2CC3(C2)CC(N2CCC(c4cnc(N5C6CCC5CN(c5cc(-c7ccccc7O)nnc5N)C6)nc4)CC2)C3)c1Cl. The first-order valence-electron chi connectivity index (χ1n) is 26.9. The lowest BCUT2D eigenvalue weighted by Crippen LogP contribution is -2.59. The van der Waals surface area contributed by atoms with Crippen LogP contribution in [0, 0.1) is 17.2 Å². The van der Waals surface area contributed by atoms with E-state index in [-0.39, 0.29) is 70.7 Å². The number of carbonyl (C=O) groups excluding carboxylic acids is 2. The van der Waals surface area contributed by atoms with Gasteiger partial charge in [-0.2, -0.15) is 5.48 Å². The molecule has 402 valence electrons. The summed E-state index contributed by atoms with van der Waals surface area (Å²) in [6, 6.07) is 22.1. The molecule has 6 fully saturated rings. The third-order valence-corrected chi connectivity index (χ3v) is 17.5. The number of piperidine rings is 1. The molecule has 18 nitrogen and oxygen atoms in total. The number of piperazine rings is 1. The van der Waals surface area contributed by atoms with E-state index in [1.54, 1.807) is 54.6 Å². The van der Waals surface area contributed by atoms with E-state index in [0.717, 1.165) is 89.2 Å². The average Bonchev–Trinajstić information content (AvgIpc) is 4.09. The number of aliphatic hydroxyl groups is 1. The van der Waals surface area contributed by atoms with Gasteiger partial charge in [0.1, 0.15) is 34.7 Å². The number of aromatic hydroxyl groups is 1. The molecule has 12 rings (SSSR count). The minimum Gasteiger partial charge on any atom is -0.507 e. The fraction of sp³-hybridized carbons (Fsp3) is 0.456. The van der Waals surface area contributed by atoms with Gasteiger partial charge in [-0.15, -0.1) is 10.2 Å². The molecule has 20 heteroatoms. The molecule has 0 radical (unpaired) electrons. The number of aromatic nitrogens is 5. The number of nitrogens with zero attached hydrogens (tertiary/aromatic N) is 9. The van der Waals surface area contributed by atoms with Gasteiger partial charge in [0.2, 0.25) is 11.9 Å². The van der Waals surface area contributed by atoms with Crippen LogP contribution in [0.1, 0.15) is 94.8 Å². The number of benzene rings is 3. The van der Waals surface area contributed by atoms with Crippen LogP contribution in [0.2, 0.25) is 5.02 Å². The highest BCUT2D eigenvalue weighted by molar-refractivity contribution is 6.32. The molecule has 2 amide bonds. The Morgan fingerprint density at radius 3 is 2.26 bits per heavy atom. The molecule has 2 unspecified atom stereocenters. The summed E-state index contributed by atoms with van der Waals surface area (Å²) in [5.41, 5.74) is 13.4. The molecule has 3 aromatic carbocycles. The second-order valence-electron chi connectivity index (χ2n) is 22.4. The topological polar surface area (TPSA) is 222 Å². The number of hydrogen-bond donors (Lipinski definition) is 4. The number of amides is 2. The summed E-state index contributed by atoms with van der Waals surface area (Å²) in [6.07, 6.45) is 11.3. The van der Waals surface area contributed by atoms with Crippen LogP contribution in [-0.4, -0.2) is 126 Å². The molecule has 2 saturated carbocycles. The van der Waals surface area contributed by atoms with E-state index >= 15 is 0 Å². The third kappa shape index (κ3) is 9.86. The van der Waals surface area contributed by atoms with Gasteiger partial charge in [0.25, 0.3) is 11.8 Å². The first-order chi connectivity index (χ1) is 37.3. The van der Waals surface area contributed by atoms with Crippen LogP contribution in [0.4, 0.5) is 21.8 Å². The molecule has 7 heterocycles. The molecule has 5 atom stereocenters. The Morgan fingerprint density at radius 1 is 0.883 bits per heavy atom. The van der Waals surface area contributed by atoms with Crippen LogP contribution in [-0.2, 0) is 9.59 Å². The van der Waals surface area contributed by atoms with E-state index in [0.29, 0.717) is 45.9 Å². The largest absolute Gasteiger partial charge is 0.507 e. The molecule has 5 N–H and O–H groups in total. The zero-order valence-corrected chi connectivity index (χ0v) is 43.8. The molecule has 4 saturated heterocycles. The van der Waals surface area contributed by atoms with Gasteiger partial charge in [-0.05, 0) is 134 Å². The number of para-hydroxylation sites is 1. The van der Waals surface area contributed by atoms with Crippen molar-refractivity contribution in [3.8, 4) is 39.8 Å². The fourth-order valence-electron chi connectivity index (χ4n) is 13.1. The lowest BCUT2D eigenvalue weighted by atomic mass is 9.52. The summed E-state index contributed by atoms with van der Waals surface area (Å²) >= 11 is 6.90. The summed E-state index contributed by atoms with van der Waals surface area (Å²) in [6.45, 7) is 7.27. The Balaban J connectivity index is 0.597. The van der Waals surface area contributed by atoms with Crippen molar-refractivity contribution < 1.29 is 38.3 Å². The van der Waals surface area contributed by atoms with Crippen LogP contribution >= 0.6 is 11.6 Å². The lowest BCUT2D eigenvalue weighted by Gasteiger charge is -2.60. The Morgan fingerprint density at radius 2 is 1.57 bits per heavy atom. The number of nitrogens with one attached hydrogen (secondary N) is 1. The maximum Gasteiger partial charge on any atom is 0.275 e. The number of fused-ring (bicyclic) bond motifs is 2. The van der Waals surface area contributed by atoms with Crippen molar-refractivity contribution in [1.82, 2.24) is 40.6 Å². The van der Waals surface area contributed by atoms with E-state index in [2.05, 4.69) is 35.5 Å². The lowest BCUT2D eigenvalue weighted by molar-refractivity contribution is -0.143. The standard InChI is InChI=1S/C57H63ClFN11O7/c1-32(2)49(55(74)69-31-39(71)21-47(69)53(73)65-76-40-15-11-34(12-16-40)42-7-3-5-9-44(42)59)51-50(58)54(66-77-51)75-41-25-57(26-41)23-38(24-57)67-19-17-33(18-20-67)35-27-61-56(62-28-35)70-36-13-14-37(70)30-68(29-36)46-22-45(63-64-52(46)60)43-8-4-6-10-48(43)72/h3-12,15-16,22,27-28,32-33,36-39,41,47,49,71-72H,13-14,17-21,23-26,29-31H2,1-2H3,(H2,60,64)(H,65,73)/t36?,37?,38?,39-,41?,47+,49-,57?/m1/s1. The van der Waals surface area contributed by atoms with Crippen LogP contribution in [0.25, 0.3) is 22.4 Å². The van der Waals surface area contributed by atoms with Crippen molar-refractivity contribution in [2.24, 2.45) is 11.3 Å². The molecule has 1 spiro atoms. The van der Waals surface area contributed by atoms with Gasteiger partial charge in [-0.3, -0.25) is 9.59 Å². The molecule has 2 bridgehead atoms. The quantitative estimate of drug-likeness (QED) is 0.0761. The van der Waals surface area contributed by atoms with Gasteiger partial charge in [-0.1, -0.05) is 67.9 Å². The van der Waals surface area contributed by atoms with Crippen molar-refractivity contribution >= 4 is 40.9 Å². The molecule has 2 aliphatic carbocycles. The Labute approximate surface area is 450 Å². The number of rotatable bonds is 14. The van der Waals surface area contributed by atoms with Crippen molar-refractivity contribution in [3.05, 3.63) is 113 Å². The number of likely N-dealkylation sites (tertiary alicyclic amines) is 2. The number of carbonyl (C=O) groups is 2. The summed E-state index contributed by atoms with van der Waals surface area (Å²) < 4.78 is 26.4. The summed E-state index contributed by atoms with van der Waals surface area (Å²) in [5, 5.41) is 34.0. The number of aliphatic hydroxyl groups excluding tert-OH is 1. The molecular formula is C57H63ClFN11O7. The minimum atomic E-state index is -1.02. The second kappa shape index (κ2) is 20.7. The van der Waals surface area contributed by atoms with Gasteiger partial charge in [0.15, 0.2) is 17.3 Å². The van der Waals surface area contributed by atoms with E-state index < -0.39 is 29.9 Å². The number of hydroxylamine groups is 1. The predicted molar refractivity (Wildman–Crippen MR) is 286 cm³/mol. The number of phenolic OH excluding ortho intramolecular Hbond substituents is 1. The summed E-state index contributed by atoms with van der Waals surface area (Å²) in [7, 11) is 0. The van der Waals surface area contributed by atoms with E-state index in [9.17, 15) is 24.2 Å². The highest BCUT2D eigenvalue weighted by atomic mass is 35.5. The number of hydrogen-bond acceptors (Lipinski definition) is 16. The first-order valence-corrected chi connectivity index (χ1v) is 27.3. The monoisotopic (exact) mass is 1070 g/mol. The van der Waals surface area contributed by atoms with Gasteiger partial charge in [0.05, 0.1) is 17.5 Å². The van der Waals surface area contributed by atoms with Gasteiger partial charge in [-0.25, -0.2) is 14.4 Å². The Hall–Kier alpha value is -7.09. The van der Waals surface area contributed by atoms with Crippen LogP contribution < -0.4 is 30.6 Å². The Kier molecular flexibility index (Phi) is 13.6. The number of halogens is 2. The number of phenols is 1. The minimum absolute atomic E-state index is 0.0151. The number of β-amino-alcohol motifs (C(OH)–C–C–N with tert-alkyl or cyclic N) is 1. The van der Waals surface area contributed by atoms with E-state index in [4.69, 9.17) is 41.4 Å². The second-order valence-corrected chi connectivity index (χ2v) is 22.8. The highest BCUT2D eigenvalue weighted by Gasteiger charge is 2.56. The van der Waals surface area contributed by atoms with Crippen molar-refractivity contribution in [2.45, 2.75) is 120 Å².